The number of hydrogen-bond donors (Lipinski definition) is 1. The summed E-state index contributed by atoms with van der Waals surface area (Å²) in [5, 5.41) is 2.64. The van der Waals surface area contributed by atoms with E-state index in [2.05, 4.69) is 5.32 Å². The number of hydrogen-bond acceptors (Lipinski definition) is 2. The molecule has 0 aromatic heterocycles. The number of nitrogens with zero attached hydrogens (tertiary/aromatic N) is 1. The molecule has 4 nitrogen and oxygen atoms in total. The first kappa shape index (κ1) is 14.8. The molecular weight excluding hydrogens is 259 g/mol. The second kappa shape index (κ2) is 7.24. The van der Waals surface area contributed by atoms with E-state index < -0.39 is 5.82 Å². The zero-order chi connectivity index (χ0) is 14.4. The van der Waals surface area contributed by atoms with Gasteiger partial charge < -0.3 is 15.0 Å². The molecule has 0 saturated carbocycles. The smallest absolute Gasteiger partial charge is 0.321 e. The molecule has 110 valence electrons. The first-order valence-corrected chi connectivity index (χ1v) is 7.09. The van der Waals surface area contributed by atoms with Gasteiger partial charge in [0.1, 0.15) is 5.82 Å². The lowest BCUT2D eigenvalue weighted by Gasteiger charge is -2.25. The monoisotopic (exact) mass is 280 g/mol. The molecule has 1 aromatic carbocycles. The largest absolute Gasteiger partial charge is 0.381 e. The van der Waals surface area contributed by atoms with Gasteiger partial charge in [0.15, 0.2) is 0 Å². The Hall–Kier alpha value is -1.62. The van der Waals surface area contributed by atoms with E-state index in [9.17, 15) is 9.18 Å². The van der Waals surface area contributed by atoms with Crippen molar-refractivity contribution in [1.29, 1.82) is 0 Å². The number of carbonyl (C=O) groups is 1. The zero-order valence-corrected chi connectivity index (χ0v) is 11.8. The molecule has 1 aliphatic heterocycles. The van der Waals surface area contributed by atoms with Gasteiger partial charge in [-0.1, -0.05) is 19.1 Å². The van der Waals surface area contributed by atoms with Gasteiger partial charge in [-0.3, -0.25) is 0 Å². The van der Waals surface area contributed by atoms with Gasteiger partial charge in [0.05, 0.1) is 12.3 Å². The van der Waals surface area contributed by atoms with Crippen molar-refractivity contribution in [3.63, 3.8) is 0 Å². The number of benzene rings is 1. The number of halogens is 1. The van der Waals surface area contributed by atoms with Crippen LogP contribution in [0.3, 0.4) is 0 Å². The van der Waals surface area contributed by atoms with Gasteiger partial charge in [-0.25, -0.2) is 9.18 Å². The second-order valence-electron chi connectivity index (χ2n) is 5.09. The summed E-state index contributed by atoms with van der Waals surface area (Å²) in [6.45, 7) is 4.81. The van der Waals surface area contributed by atoms with Crippen molar-refractivity contribution in [3.8, 4) is 0 Å². The number of para-hydroxylation sites is 1. The molecule has 2 amide bonds. The average molecular weight is 280 g/mol. The van der Waals surface area contributed by atoms with E-state index in [-0.39, 0.29) is 11.7 Å². The molecule has 0 spiro atoms. The van der Waals surface area contributed by atoms with Crippen molar-refractivity contribution in [2.24, 2.45) is 5.92 Å². The topological polar surface area (TPSA) is 41.6 Å². The predicted octanol–water partition coefficient (Wildman–Crippen LogP) is 3.11. The molecule has 1 N–H and O–H groups in total. The molecule has 0 radical (unpaired) electrons. The fourth-order valence-corrected chi connectivity index (χ4v) is 2.34. The van der Waals surface area contributed by atoms with Crippen LogP contribution >= 0.6 is 0 Å². The molecule has 1 unspecified atom stereocenters. The second-order valence-corrected chi connectivity index (χ2v) is 5.09. The Kier molecular flexibility index (Phi) is 5.35. The minimum atomic E-state index is -0.415. The molecule has 2 rings (SSSR count). The summed E-state index contributed by atoms with van der Waals surface area (Å²) in [6, 6.07) is 5.96. The summed E-state index contributed by atoms with van der Waals surface area (Å²) < 4.78 is 18.9. The summed E-state index contributed by atoms with van der Waals surface area (Å²) in [7, 11) is 0. The molecule has 0 bridgehead atoms. The molecule has 0 aliphatic carbocycles. The lowest BCUT2D eigenvalue weighted by molar-refractivity contribution is 0.169. The maximum atomic E-state index is 13.6. The first-order valence-electron chi connectivity index (χ1n) is 7.09. The molecular formula is C15H21FN2O2. The Bertz CT molecular complexity index is 447. The molecule has 1 fully saturated rings. The van der Waals surface area contributed by atoms with Crippen LogP contribution in [0.2, 0.25) is 0 Å². The summed E-state index contributed by atoms with van der Waals surface area (Å²) in [6.07, 6.45) is 1.85. The van der Waals surface area contributed by atoms with Gasteiger partial charge in [-0.15, -0.1) is 0 Å². The third-order valence-electron chi connectivity index (χ3n) is 3.40. The summed E-state index contributed by atoms with van der Waals surface area (Å²) in [5.41, 5.74) is 0.223. The van der Waals surface area contributed by atoms with E-state index in [1.54, 1.807) is 23.1 Å². The molecule has 1 saturated heterocycles. The predicted molar refractivity (Wildman–Crippen MR) is 76.2 cm³/mol. The van der Waals surface area contributed by atoms with Gasteiger partial charge >= 0.3 is 6.03 Å². The Balaban J connectivity index is 1.97. The van der Waals surface area contributed by atoms with Crippen molar-refractivity contribution in [2.75, 3.05) is 31.6 Å². The number of urea groups is 1. The van der Waals surface area contributed by atoms with Crippen LogP contribution in [0.1, 0.15) is 19.8 Å². The van der Waals surface area contributed by atoms with E-state index in [1.807, 2.05) is 6.92 Å². The van der Waals surface area contributed by atoms with Crippen LogP contribution in [0.5, 0.6) is 0 Å². The van der Waals surface area contributed by atoms with Crippen LogP contribution in [0.15, 0.2) is 24.3 Å². The van der Waals surface area contributed by atoms with Crippen LogP contribution < -0.4 is 5.32 Å². The number of anilines is 1. The standard InChI is InChI=1S/C15H21FN2O2/c1-2-8-18(10-12-7-9-20-11-12)15(19)17-14-6-4-3-5-13(14)16/h3-6,12H,2,7-11H2,1H3,(H,17,19). The average Bonchev–Trinajstić information content (AvgIpc) is 2.94. The van der Waals surface area contributed by atoms with Gasteiger partial charge in [0, 0.05) is 25.6 Å². The van der Waals surface area contributed by atoms with Crippen molar-refractivity contribution < 1.29 is 13.9 Å². The maximum absolute atomic E-state index is 13.6. The highest BCUT2D eigenvalue weighted by Crippen LogP contribution is 2.17. The third-order valence-corrected chi connectivity index (χ3v) is 3.40. The highest BCUT2D eigenvalue weighted by atomic mass is 19.1. The number of rotatable bonds is 5. The van der Waals surface area contributed by atoms with Gasteiger partial charge in [0.2, 0.25) is 0 Å². The van der Waals surface area contributed by atoms with E-state index in [0.29, 0.717) is 25.6 Å². The number of carbonyl (C=O) groups excluding carboxylic acids is 1. The van der Waals surface area contributed by atoms with Gasteiger partial charge in [0.25, 0.3) is 0 Å². The zero-order valence-electron chi connectivity index (χ0n) is 11.8. The van der Waals surface area contributed by atoms with E-state index in [0.717, 1.165) is 19.4 Å². The van der Waals surface area contributed by atoms with Crippen LogP contribution in [0.4, 0.5) is 14.9 Å². The third kappa shape index (κ3) is 3.93. The summed E-state index contributed by atoms with van der Waals surface area (Å²) in [4.78, 5) is 14.0. The van der Waals surface area contributed by atoms with Crippen molar-refractivity contribution >= 4 is 11.7 Å². The van der Waals surface area contributed by atoms with Crippen LogP contribution in [0, 0.1) is 11.7 Å². The summed E-state index contributed by atoms with van der Waals surface area (Å²) >= 11 is 0. The lowest BCUT2D eigenvalue weighted by Crippen LogP contribution is -2.39. The van der Waals surface area contributed by atoms with Crippen LogP contribution in [-0.4, -0.2) is 37.2 Å². The van der Waals surface area contributed by atoms with Crippen LogP contribution in [0.25, 0.3) is 0 Å². The van der Waals surface area contributed by atoms with Gasteiger partial charge in [-0.05, 0) is 25.0 Å². The molecule has 1 aromatic rings. The normalized spacial score (nSPS) is 18.0. The molecule has 1 atom stereocenters. The van der Waals surface area contributed by atoms with E-state index >= 15 is 0 Å². The van der Waals surface area contributed by atoms with E-state index in [1.165, 1.54) is 6.07 Å². The first-order chi connectivity index (χ1) is 9.70. The fourth-order valence-electron chi connectivity index (χ4n) is 2.34. The molecule has 1 aliphatic rings. The van der Waals surface area contributed by atoms with Crippen molar-refractivity contribution in [2.45, 2.75) is 19.8 Å². The van der Waals surface area contributed by atoms with Crippen LogP contribution in [-0.2, 0) is 4.74 Å². The molecule has 5 heteroatoms. The number of nitrogens with one attached hydrogen (secondary N) is 1. The van der Waals surface area contributed by atoms with E-state index in [4.69, 9.17) is 4.74 Å². The molecule has 1 heterocycles. The highest BCUT2D eigenvalue weighted by molar-refractivity contribution is 5.89. The Morgan fingerprint density at radius 3 is 2.95 bits per heavy atom. The maximum Gasteiger partial charge on any atom is 0.321 e. The Labute approximate surface area is 118 Å². The Morgan fingerprint density at radius 1 is 1.50 bits per heavy atom. The number of amides is 2. The van der Waals surface area contributed by atoms with Crippen molar-refractivity contribution in [3.05, 3.63) is 30.1 Å². The molecule has 20 heavy (non-hydrogen) atoms. The summed E-state index contributed by atoms with van der Waals surface area (Å²) in [5.74, 6) is -0.0329. The lowest BCUT2D eigenvalue weighted by atomic mass is 10.1. The Morgan fingerprint density at radius 2 is 2.30 bits per heavy atom. The minimum absolute atomic E-state index is 0.223. The van der Waals surface area contributed by atoms with Crippen molar-refractivity contribution in [1.82, 2.24) is 4.90 Å². The quantitative estimate of drug-likeness (QED) is 0.900. The SMILES string of the molecule is CCCN(CC1CCOC1)C(=O)Nc1ccccc1F. The van der Waals surface area contributed by atoms with Gasteiger partial charge in [-0.2, -0.15) is 0 Å². The fraction of sp³-hybridized carbons (Fsp3) is 0.533. The minimum Gasteiger partial charge on any atom is -0.381 e. The number of ether oxygens (including phenoxy) is 1. The highest BCUT2D eigenvalue weighted by Gasteiger charge is 2.22.